The number of hydrazone groups is 1. The molecule has 24 heavy (non-hydrogen) atoms. The molecule has 1 N–H and O–H groups in total. The molecule has 0 atom stereocenters. The van der Waals surface area contributed by atoms with Gasteiger partial charge in [-0.25, -0.2) is 15.1 Å². The van der Waals surface area contributed by atoms with Gasteiger partial charge in [-0.1, -0.05) is 5.16 Å². The van der Waals surface area contributed by atoms with E-state index in [4.69, 9.17) is 4.52 Å². The molecule has 3 aromatic heterocycles. The summed E-state index contributed by atoms with van der Waals surface area (Å²) in [6.07, 6.45) is 2.55. The minimum Gasteiger partial charge on any atom is -0.336 e. The van der Waals surface area contributed by atoms with Gasteiger partial charge in [0.1, 0.15) is 0 Å². The third-order valence-electron chi connectivity index (χ3n) is 3.46. The average Bonchev–Trinajstić information content (AvgIpc) is 3.10. The van der Waals surface area contributed by atoms with Crippen LogP contribution < -0.4 is 5.43 Å². The van der Waals surface area contributed by atoms with Crippen LogP contribution in [0.4, 0.5) is 4.39 Å². The van der Waals surface area contributed by atoms with Gasteiger partial charge in [0.2, 0.25) is 5.95 Å². The second kappa shape index (κ2) is 6.19. The molecule has 124 valence electrons. The SMILES string of the molecule is CCn1ncc(/C=N/NC(=O)c2cc(C)nc3onc(C)c23)c1F. The molecule has 0 saturated heterocycles. The Bertz CT molecular complexity index is 943. The first-order valence-corrected chi connectivity index (χ1v) is 7.29. The molecule has 0 unspecified atom stereocenters. The van der Waals surface area contributed by atoms with Crippen molar-refractivity contribution in [1.82, 2.24) is 25.3 Å². The fourth-order valence-electron chi connectivity index (χ4n) is 2.31. The van der Waals surface area contributed by atoms with Crippen molar-refractivity contribution in [2.45, 2.75) is 27.3 Å². The van der Waals surface area contributed by atoms with Crippen LogP contribution in [0.2, 0.25) is 0 Å². The number of rotatable bonds is 4. The fraction of sp³-hybridized carbons (Fsp3) is 0.267. The molecule has 0 aromatic carbocycles. The summed E-state index contributed by atoms with van der Waals surface area (Å²) in [4.78, 5) is 16.5. The van der Waals surface area contributed by atoms with E-state index in [0.29, 0.717) is 28.9 Å². The van der Waals surface area contributed by atoms with Crippen molar-refractivity contribution < 1.29 is 13.7 Å². The lowest BCUT2D eigenvalue weighted by Gasteiger charge is -2.02. The highest BCUT2D eigenvalue weighted by Crippen LogP contribution is 2.21. The molecule has 3 aromatic rings. The van der Waals surface area contributed by atoms with E-state index in [9.17, 15) is 9.18 Å². The fourth-order valence-corrected chi connectivity index (χ4v) is 2.31. The van der Waals surface area contributed by atoms with Crippen LogP contribution in [0.25, 0.3) is 11.1 Å². The number of nitrogens with zero attached hydrogens (tertiary/aromatic N) is 5. The molecule has 3 rings (SSSR count). The van der Waals surface area contributed by atoms with Crippen LogP contribution in [0.5, 0.6) is 0 Å². The maximum atomic E-state index is 13.8. The highest BCUT2D eigenvalue weighted by Gasteiger charge is 2.17. The molecule has 0 aliphatic heterocycles. The van der Waals surface area contributed by atoms with Crippen molar-refractivity contribution in [1.29, 1.82) is 0 Å². The number of carbonyl (C=O) groups excluding carboxylic acids is 1. The van der Waals surface area contributed by atoms with Crippen LogP contribution in [-0.4, -0.2) is 32.0 Å². The smallest absolute Gasteiger partial charge is 0.272 e. The molecule has 8 nitrogen and oxygen atoms in total. The van der Waals surface area contributed by atoms with E-state index in [2.05, 4.69) is 25.8 Å². The summed E-state index contributed by atoms with van der Waals surface area (Å²) < 4.78 is 20.1. The number of fused-ring (bicyclic) bond motifs is 1. The van der Waals surface area contributed by atoms with Crippen LogP contribution in [0.15, 0.2) is 21.9 Å². The molecule has 9 heteroatoms. The number of halogens is 1. The van der Waals surface area contributed by atoms with E-state index >= 15 is 0 Å². The second-order valence-electron chi connectivity index (χ2n) is 5.16. The lowest BCUT2D eigenvalue weighted by atomic mass is 10.1. The number of nitrogens with one attached hydrogen (secondary N) is 1. The van der Waals surface area contributed by atoms with Gasteiger partial charge in [0, 0.05) is 12.2 Å². The van der Waals surface area contributed by atoms with Gasteiger partial charge in [-0.05, 0) is 26.8 Å². The summed E-state index contributed by atoms with van der Waals surface area (Å²) in [6.45, 7) is 5.65. The van der Waals surface area contributed by atoms with Gasteiger partial charge in [0.15, 0.2) is 0 Å². The average molecular weight is 330 g/mol. The minimum atomic E-state index is -0.507. The number of aryl methyl sites for hydroxylation is 3. The van der Waals surface area contributed by atoms with Gasteiger partial charge in [-0.2, -0.15) is 14.6 Å². The van der Waals surface area contributed by atoms with Crippen molar-refractivity contribution in [2.75, 3.05) is 0 Å². The first kappa shape index (κ1) is 15.8. The Labute approximate surface area is 136 Å². The van der Waals surface area contributed by atoms with Crippen LogP contribution >= 0.6 is 0 Å². The van der Waals surface area contributed by atoms with Gasteiger partial charge < -0.3 is 4.52 Å². The second-order valence-corrected chi connectivity index (χ2v) is 5.16. The largest absolute Gasteiger partial charge is 0.336 e. The van der Waals surface area contributed by atoms with Gasteiger partial charge >= 0.3 is 0 Å². The molecule has 1 amide bonds. The first-order chi connectivity index (χ1) is 11.5. The van der Waals surface area contributed by atoms with Gasteiger partial charge in [-0.3, -0.25) is 4.79 Å². The van der Waals surface area contributed by atoms with E-state index in [-0.39, 0.29) is 11.3 Å². The molecular formula is C15H15FN6O2. The molecular weight excluding hydrogens is 315 g/mol. The zero-order valence-corrected chi connectivity index (χ0v) is 13.4. The first-order valence-electron chi connectivity index (χ1n) is 7.29. The van der Waals surface area contributed by atoms with Crippen LogP contribution in [0, 0.1) is 19.8 Å². The highest BCUT2D eigenvalue weighted by atomic mass is 19.1. The number of aromatic nitrogens is 4. The molecule has 0 aliphatic rings. The molecule has 3 heterocycles. The summed E-state index contributed by atoms with van der Waals surface area (Å²) in [5.41, 5.74) is 4.36. The van der Waals surface area contributed by atoms with E-state index < -0.39 is 11.9 Å². The molecule has 0 aliphatic carbocycles. The van der Waals surface area contributed by atoms with Crippen LogP contribution in [-0.2, 0) is 6.54 Å². The Hall–Kier alpha value is -3.10. The topological polar surface area (TPSA) is 98.2 Å². The van der Waals surface area contributed by atoms with Gasteiger partial charge in [0.05, 0.1) is 34.6 Å². The third kappa shape index (κ3) is 2.75. The van der Waals surface area contributed by atoms with Crippen molar-refractivity contribution in [3.8, 4) is 0 Å². The molecule has 0 radical (unpaired) electrons. The summed E-state index contributed by atoms with van der Waals surface area (Å²) in [7, 11) is 0. The molecule has 0 bridgehead atoms. The Balaban J connectivity index is 1.84. The normalized spacial score (nSPS) is 11.5. The Morgan fingerprint density at radius 2 is 2.29 bits per heavy atom. The summed E-state index contributed by atoms with van der Waals surface area (Å²) in [5, 5.41) is 12.0. The molecule has 0 saturated carbocycles. The number of pyridine rings is 1. The summed E-state index contributed by atoms with van der Waals surface area (Å²) in [5.74, 6) is -0.969. The van der Waals surface area contributed by atoms with Crippen molar-refractivity contribution in [3.63, 3.8) is 0 Å². The predicted octanol–water partition coefficient (Wildman–Crippen LogP) is 1.96. The number of carbonyl (C=O) groups is 1. The maximum Gasteiger partial charge on any atom is 0.272 e. The van der Waals surface area contributed by atoms with E-state index in [1.54, 1.807) is 26.8 Å². The zero-order valence-electron chi connectivity index (χ0n) is 13.4. The minimum absolute atomic E-state index is 0.189. The van der Waals surface area contributed by atoms with Crippen molar-refractivity contribution in [2.24, 2.45) is 5.10 Å². The quantitative estimate of drug-likeness (QED) is 0.582. The Morgan fingerprint density at radius 3 is 3.00 bits per heavy atom. The van der Waals surface area contributed by atoms with Crippen molar-refractivity contribution >= 4 is 23.2 Å². The van der Waals surface area contributed by atoms with Gasteiger partial charge in [0.25, 0.3) is 11.6 Å². The van der Waals surface area contributed by atoms with Crippen molar-refractivity contribution in [3.05, 3.63) is 40.7 Å². The lowest BCUT2D eigenvalue weighted by molar-refractivity contribution is 0.0956. The summed E-state index contributed by atoms with van der Waals surface area (Å²) in [6, 6.07) is 1.62. The number of hydrogen-bond acceptors (Lipinski definition) is 6. The standard InChI is InChI=1S/C15H15FN6O2/c1-4-22-13(16)10(7-18-22)6-17-20-14(23)11-5-8(2)19-15-12(11)9(3)21-24-15/h5-7H,4H2,1-3H3,(H,20,23)/b17-6+. The monoisotopic (exact) mass is 330 g/mol. The maximum absolute atomic E-state index is 13.8. The third-order valence-corrected chi connectivity index (χ3v) is 3.46. The molecule has 0 fully saturated rings. The molecule has 0 spiro atoms. The van der Waals surface area contributed by atoms with E-state index in [1.807, 2.05) is 0 Å². The number of hydrogen-bond donors (Lipinski definition) is 1. The van der Waals surface area contributed by atoms with E-state index in [0.717, 1.165) is 0 Å². The lowest BCUT2D eigenvalue weighted by Crippen LogP contribution is -2.18. The van der Waals surface area contributed by atoms with Crippen LogP contribution in [0.1, 0.15) is 34.2 Å². The Morgan fingerprint density at radius 1 is 1.50 bits per heavy atom. The predicted molar refractivity (Wildman–Crippen MR) is 84.2 cm³/mol. The zero-order chi connectivity index (χ0) is 17.3. The summed E-state index contributed by atoms with van der Waals surface area (Å²) >= 11 is 0. The Kier molecular flexibility index (Phi) is 4.07. The van der Waals surface area contributed by atoms with Gasteiger partial charge in [-0.15, -0.1) is 0 Å². The highest BCUT2D eigenvalue weighted by molar-refractivity contribution is 6.06. The van der Waals surface area contributed by atoms with E-state index in [1.165, 1.54) is 17.1 Å². The van der Waals surface area contributed by atoms with Crippen LogP contribution in [0.3, 0.4) is 0 Å². The number of amides is 1.